The van der Waals surface area contributed by atoms with Crippen LogP contribution in [0.15, 0.2) is 6.20 Å². The summed E-state index contributed by atoms with van der Waals surface area (Å²) in [6, 6.07) is 0. The molecule has 2 N–H and O–H groups in total. The van der Waals surface area contributed by atoms with Gasteiger partial charge in [-0.25, -0.2) is 0 Å². The number of nitrogens with two attached hydrogens (primary N) is 1. The van der Waals surface area contributed by atoms with Crippen LogP contribution in [0.3, 0.4) is 0 Å². The fourth-order valence-electron chi connectivity index (χ4n) is 1.86. The molecule has 0 atom stereocenters. The number of hydrogen-bond donors (Lipinski definition) is 1. The second-order valence-corrected chi connectivity index (χ2v) is 4.26. The molecule has 1 aromatic heterocycles. The molecule has 0 radical (unpaired) electrons. The Balaban J connectivity index is 1.94. The zero-order valence-corrected chi connectivity index (χ0v) is 9.48. The Hall–Kier alpha value is -1.07. The second kappa shape index (κ2) is 4.20. The van der Waals surface area contributed by atoms with Crippen LogP contribution in [-0.2, 0) is 13.6 Å². The van der Waals surface area contributed by atoms with E-state index in [0.29, 0.717) is 0 Å². The Morgan fingerprint density at radius 2 is 1.93 bits per heavy atom. The summed E-state index contributed by atoms with van der Waals surface area (Å²) < 4.78 is 1.73. The normalized spacial score (nSPS) is 19.6. The fraction of sp³-hybridized carbons (Fsp3) is 0.700. The summed E-state index contributed by atoms with van der Waals surface area (Å²) in [7, 11) is 4.04. The molecule has 1 fully saturated rings. The van der Waals surface area contributed by atoms with Gasteiger partial charge in [-0.2, -0.15) is 5.10 Å². The van der Waals surface area contributed by atoms with Gasteiger partial charge < -0.3 is 10.6 Å². The second-order valence-electron chi connectivity index (χ2n) is 4.26. The average Bonchev–Trinajstić information content (AvgIpc) is 2.53. The van der Waals surface area contributed by atoms with Crippen molar-refractivity contribution in [2.24, 2.45) is 7.05 Å². The van der Waals surface area contributed by atoms with E-state index in [1.807, 2.05) is 13.2 Å². The van der Waals surface area contributed by atoms with Gasteiger partial charge in [0.05, 0.1) is 6.20 Å². The Morgan fingerprint density at radius 3 is 2.47 bits per heavy atom. The summed E-state index contributed by atoms with van der Waals surface area (Å²) in [5.41, 5.74) is 7.05. The molecule has 2 rings (SSSR count). The first-order valence-electron chi connectivity index (χ1n) is 5.34. The van der Waals surface area contributed by atoms with Crippen LogP contribution in [0, 0.1) is 0 Å². The van der Waals surface area contributed by atoms with Gasteiger partial charge in [0.15, 0.2) is 0 Å². The van der Waals surface area contributed by atoms with Crippen LogP contribution in [0.25, 0.3) is 0 Å². The van der Waals surface area contributed by atoms with Crippen molar-refractivity contribution in [3.63, 3.8) is 0 Å². The van der Waals surface area contributed by atoms with Crippen molar-refractivity contribution >= 4 is 5.82 Å². The lowest BCUT2D eigenvalue weighted by Crippen LogP contribution is -2.43. The average molecular weight is 209 g/mol. The number of aromatic nitrogens is 2. The van der Waals surface area contributed by atoms with Crippen molar-refractivity contribution in [2.75, 3.05) is 39.0 Å². The molecular weight excluding hydrogens is 190 g/mol. The van der Waals surface area contributed by atoms with Crippen LogP contribution in [0.1, 0.15) is 5.56 Å². The third-order valence-corrected chi connectivity index (χ3v) is 3.05. The molecule has 0 bridgehead atoms. The lowest BCUT2D eigenvalue weighted by Gasteiger charge is -2.32. The summed E-state index contributed by atoms with van der Waals surface area (Å²) in [6.45, 7) is 5.43. The molecule has 1 aliphatic rings. The molecule has 0 unspecified atom stereocenters. The van der Waals surface area contributed by atoms with Crippen molar-refractivity contribution in [3.05, 3.63) is 11.8 Å². The first-order chi connectivity index (χ1) is 7.16. The Morgan fingerprint density at radius 1 is 1.27 bits per heavy atom. The van der Waals surface area contributed by atoms with E-state index in [1.165, 1.54) is 0 Å². The van der Waals surface area contributed by atoms with Crippen LogP contribution in [0.5, 0.6) is 0 Å². The zero-order valence-electron chi connectivity index (χ0n) is 9.48. The Kier molecular flexibility index (Phi) is 2.93. The quantitative estimate of drug-likeness (QED) is 0.730. The van der Waals surface area contributed by atoms with Crippen LogP contribution < -0.4 is 5.73 Å². The number of nitrogen functional groups attached to an aromatic ring is 1. The van der Waals surface area contributed by atoms with Crippen LogP contribution >= 0.6 is 0 Å². The van der Waals surface area contributed by atoms with Crippen LogP contribution in [0.2, 0.25) is 0 Å². The number of aryl methyl sites for hydroxylation is 1. The minimum atomic E-state index is 0.786. The number of likely N-dealkylation sites (N-methyl/N-ethyl adjacent to an activating group) is 1. The maximum Gasteiger partial charge on any atom is 0.125 e. The molecule has 0 spiro atoms. The lowest BCUT2D eigenvalue weighted by molar-refractivity contribution is 0.148. The molecule has 84 valence electrons. The van der Waals surface area contributed by atoms with E-state index in [1.54, 1.807) is 4.68 Å². The topological polar surface area (TPSA) is 50.3 Å². The smallest absolute Gasteiger partial charge is 0.125 e. The summed E-state index contributed by atoms with van der Waals surface area (Å²) in [5, 5.41) is 4.15. The SMILES string of the molecule is CN1CCN(Cc2cnn(C)c2N)CC1. The molecule has 1 aliphatic heterocycles. The van der Waals surface area contributed by atoms with Crippen molar-refractivity contribution in [1.82, 2.24) is 19.6 Å². The number of nitrogens with zero attached hydrogens (tertiary/aromatic N) is 4. The molecule has 0 saturated carbocycles. The van der Waals surface area contributed by atoms with Gasteiger partial charge in [-0.1, -0.05) is 0 Å². The highest BCUT2D eigenvalue weighted by Crippen LogP contribution is 2.13. The molecule has 15 heavy (non-hydrogen) atoms. The predicted octanol–water partition coefficient (Wildman–Crippen LogP) is -0.250. The minimum Gasteiger partial charge on any atom is -0.384 e. The van der Waals surface area contributed by atoms with Gasteiger partial charge in [-0.15, -0.1) is 0 Å². The molecule has 1 aromatic rings. The molecule has 0 aliphatic carbocycles. The largest absolute Gasteiger partial charge is 0.384 e. The molecular formula is C10H19N5. The maximum atomic E-state index is 5.91. The standard InChI is InChI=1S/C10H19N5/c1-13-3-5-15(6-4-13)8-9-7-12-14(2)10(9)11/h7H,3-6,8,11H2,1-2H3. The van der Waals surface area contributed by atoms with Gasteiger partial charge in [0, 0.05) is 45.3 Å². The molecule has 5 nitrogen and oxygen atoms in total. The molecule has 5 heteroatoms. The summed E-state index contributed by atoms with van der Waals surface area (Å²) in [5.74, 6) is 0.786. The predicted molar refractivity (Wildman–Crippen MR) is 60.4 cm³/mol. The van der Waals surface area contributed by atoms with Crippen molar-refractivity contribution in [2.45, 2.75) is 6.54 Å². The summed E-state index contributed by atoms with van der Waals surface area (Å²) in [6.07, 6.45) is 1.87. The first-order valence-corrected chi connectivity index (χ1v) is 5.34. The highest BCUT2D eigenvalue weighted by Gasteiger charge is 2.15. The van der Waals surface area contributed by atoms with E-state index in [-0.39, 0.29) is 0 Å². The molecule has 2 heterocycles. The summed E-state index contributed by atoms with van der Waals surface area (Å²) in [4.78, 5) is 4.77. The Bertz CT molecular complexity index is 325. The maximum absolute atomic E-state index is 5.91. The van der Waals surface area contributed by atoms with E-state index < -0.39 is 0 Å². The molecule has 0 amide bonds. The van der Waals surface area contributed by atoms with Crippen LogP contribution in [-0.4, -0.2) is 52.8 Å². The first kappa shape index (κ1) is 10.4. The lowest BCUT2D eigenvalue weighted by atomic mass is 10.2. The molecule has 0 aromatic carbocycles. The van der Waals surface area contributed by atoms with Crippen molar-refractivity contribution in [3.8, 4) is 0 Å². The van der Waals surface area contributed by atoms with E-state index in [9.17, 15) is 0 Å². The molecule has 1 saturated heterocycles. The van der Waals surface area contributed by atoms with E-state index in [2.05, 4.69) is 21.9 Å². The van der Waals surface area contributed by atoms with E-state index in [4.69, 9.17) is 5.73 Å². The van der Waals surface area contributed by atoms with E-state index in [0.717, 1.165) is 44.1 Å². The summed E-state index contributed by atoms with van der Waals surface area (Å²) >= 11 is 0. The third kappa shape index (κ3) is 2.30. The van der Waals surface area contributed by atoms with Gasteiger partial charge in [0.1, 0.15) is 5.82 Å². The zero-order chi connectivity index (χ0) is 10.8. The highest BCUT2D eigenvalue weighted by molar-refractivity contribution is 5.38. The number of piperazine rings is 1. The van der Waals surface area contributed by atoms with E-state index >= 15 is 0 Å². The van der Waals surface area contributed by atoms with Gasteiger partial charge in [0.25, 0.3) is 0 Å². The number of rotatable bonds is 2. The Labute approximate surface area is 90.4 Å². The van der Waals surface area contributed by atoms with Crippen molar-refractivity contribution in [1.29, 1.82) is 0 Å². The van der Waals surface area contributed by atoms with Crippen molar-refractivity contribution < 1.29 is 0 Å². The number of hydrogen-bond acceptors (Lipinski definition) is 4. The van der Waals surface area contributed by atoms with Gasteiger partial charge in [0.2, 0.25) is 0 Å². The van der Waals surface area contributed by atoms with Gasteiger partial charge >= 0.3 is 0 Å². The highest BCUT2D eigenvalue weighted by atomic mass is 15.3. The minimum absolute atomic E-state index is 0.786. The van der Waals surface area contributed by atoms with Gasteiger partial charge in [-0.05, 0) is 7.05 Å². The third-order valence-electron chi connectivity index (χ3n) is 3.05. The fourth-order valence-corrected chi connectivity index (χ4v) is 1.86. The monoisotopic (exact) mass is 209 g/mol. The number of anilines is 1. The van der Waals surface area contributed by atoms with Gasteiger partial charge in [-0.3, -0.25) is 9.58 Å². The van der Waals surface area contributed by atoms with Crippen LogP contribution in [0.4, 0.5) is 5.82 Å².